The molecular formula is C16H20N4O2S. The van der Waals surface area contributed by atoms with Crippen molar-refractivity contribution in [2.24, 2.45) is 0 Å². The van der Waals surface area contributed by atoms with Crippen molar-refractivity contribution in [3.63, 3.8) is 0 Å². The first kappa shape index (κ1) is 15.7. The second kappa shape index (κ2) is 6.16. The van der Waals surface area contributed by atoms with Crippen LogP contribution in [0.3, 0.4) is 0 Å². The van der Waals surface area contributed by atoms with E-state index in [-0.39, 0.29) is 17.5 Å². The molecule has 0 spiro atoms. The Hall–Kier alpha value is -2.15. The molecule has 1 aromatic carbocycles. The van der Waals surface area contributed by atoms with E-state index in [9.17, 15) is 8.42 Å². The summed E-state index contributed by atoms with van der Waals surface area (Å²) in [6, 6.07) is 9.79. The van der Waals surface area contributed by atoms with Crippen molar-refractivity contribution in [2.75, 3.05) is 28.8 Å². The Morgan fingerprint density at radius 2 is 2.04 bits per heavy atom. The number of nitrogens with one attached hydrogen (secondary N) is 1. The highest BCUT2D eigenvalue weighted by Crippen LogP contribution is 2.24. The fourth-order valence-electron chi connectivity index (χ4n) is 2.73. The first-order valence-corrected chi connectivity index (χ1v) is 9.35. The third-order valence-electron chi connectivity index (χ3n) is 4.18. The molecule has 1 unspecified atom stereocenters. The Kier molecular flexibility index (Phi) is 4.21. The Labute approximate surface area is 136 Å². The van der Waals surface area contributed by atoms with Crippen LogP contribution in [0.2, 0.25) is 0 Å². The van der Waals surface area contributed by atoms with Gasteiger partial charge in [0.25, 0.3) is 0 Å². The largest absolute Gasteiger partial charge is 0.355 e. The Morgan fingerprint density at radius 1 is 1.26 bits per heavy atom. The van der Waals surface area contributed by atoms with Crippen LogP contribution in [0, 0.1) is 6.92 Å². The number of nitrogens with zero attached hydrogens (tertiary/aromatic N) is 3. The number of hydrogen-bond donors (Lipinski definition) is 1. The fourth-order valence-corrected chi connectivity index (χ4v) is 4.50. The maximum Gasteiger partial charge on any atom is 0.152 e. The van der Waals surface area contributed by atoms with Gasteiger partial charge in [0, 0.05) is 24.8 Å². The normalized spacial score (nSPS) is 19.5. The van der Waals surface area contributed by atoms with E-state index in [4.69, 9.17) is 0 Å². The van der Waals surface area contributed by atoms with Crippen LogP contribution in [0.15, 0.2) is 36.7 Å². The summed E-state index contributed by atoms with van der Waals surface area (Å²) in [5.41, 5.74) is 2.12. The van der Waals surface area contributed by atoms with Crippen LogP contribution in [-0.4, -0.2) is 43.0 Å². The van der Waals surface area contributed by atoms with E-state index in [1.54, 1.807) is 0 Å². The lowest BCUT2D eigenvalue weighted by atomic mass is 10.2. The van der Waals surface area contributed by atoms with Crippen molar-refractivity contribution in [1.82, 2.24) is 9.97 Å². The van der Waals surface area contributed by atoms with E-state index in [2.05, 4.69) is 15.3 Å². The molecule has 0 bridgehead atoms. The Balaban J connectivity index is 1.79. The van der Waals surface area contributed by atoms with Crippen LogP contribution in [0.1, 0.15) is 12.0 Å². The van der Waals surface area contributed by atoms with Crippen molar-refractivity contribution >= 4 is 27.2 Å². The van der Waals surface area contributed by atoms with Gasteiger partial charge in [-0.1, -0.05) is 18.2 Å². The molecule has 0 aliphatic carbocycles. The Morgan fingerprint density at radius 3 is 2.74 bits per heavy atom. The first-order chi connectivity index (χ1) is 10.9. The van der Waals surface area contributed by atoms with Gasteiger partial charge in [-0.25, -0.2) is 18.4 Å². The molecule has 1 aliphatic heterocycles. The van der Waals surface area contributed by atoms with Gasteiger partial charge >= 0.3 is 0 Å². The molecule has 6 nitrogen and oxygen atoms in total. The van der Waals surface area contributed by atoms with E-state index < -0.39 is 9.84 Å². The monoisotopic (exact) mass is 332 g/mol. The summed E-state index contributed by atoms with van der Waals surface area (Å²) in [6.45, 7) is 2.03. The van der Waals surface area contributed by atoms with E-state index in [0.29, 0.717) is 12.2 Å². The number of anilines is 3. The number of aryl methyl sites for hydroxylation is 1. The second-order valence-corrected chi connectivity index (χ2v) is 8.10. The topological polar surface area (TPSA) is 75.2 Å². The molecule has 1 aromatic heterocycles. The lowest BCUT2D eigenvalue weighted by Crippen LogP contribution is -2.33. The van der Waals surface area contributed by atoms with Crippen molar-refractivity contribution in [3.05, 3.63) is 42.2 Å². The highest BCUT2D eigenvalue weighted by molar-refractivity contribution is 7.91. The molecule has 3 rings (SSSR count). The number of aromatic nitrogens is 2. The van der Waals surface area contributed by atoms with Gasteiger partial charge in [0.2, 0.25) is 0 Å². The molecule has 2 aromatic rings. The van der Waals surface area contributed by atoms with E-state index >= 15 is 0 Å². The summed E-state index contributed by atoms with van der Waals surface area (Å²) in [4.78, 5) is 10.4. The molecule has 0 saturated carbocycles. The molecule has 1 N–H and O–H groups in total. The molecule has 0 amide bonds. The molecule has 23 heavy (non-hydrogen) atoms. The predicted octanol–water partition coefficient (Wildman–Crippen LogP) is 2.15. The van der Waals surface area contributed by atoms with Crippen molar-refractivity contribution in [2.45, 2.75) is 19.4 Å². The van der Waals surface area contributed by atoms with Crippen molar-refractivity contribution in [1.29, 1.82) is 0 Å². The molecule has 7 heteroatoms. The van der Waals surface area contributed by atoms with Gasteiger partial charge < -0.3 is 10.2 Å². The molecule has 1 saturated heterocycles. The maximum atomic E-state index is 11.7. The average Bonchev–Trinajstić information content (AvgIpc) is 2.89. The minimum absolute atomic E-state index is 0.0267. The smallest absolute Gasteiger partial charge is 0.152 e. The van der Waals surface area contributed by atoms with Gasteiger partial charge in [-0.2, -0.15) is 0 Å². The molecule has 1 aliphatic rings. The summed E-state index contributed by atoms with van der Waals surface area (Å²) in [6.07, 6.45) is 2.14. The number of benzene rings is 1. The van der Waals surface area contributed by atoms with Crippen LogP contribution in [0.25, 0.3) is 0 Å². The molecular weight excluding hydrogens is 312 g/mol. The van der Waals surface area contributed by atoms with E-state index in [0.717, 1.165) is 17.1 Å². The second-order valence-electron chi connectivity index (χ2n) is 5.87. The van der Waals surface area contributed by atoms with Crippen molar-refractivity contribution < 1.29 is 8.42 Å². The van der Waals surface area contributed by atoms with Gasteiger partial charge in [-0.15, -0.1) is 0 Å². The lowest BCUT2D eigenvalue weighted by Gasteiger charge is -2.24. The van der Waals surface area contributed by atoms with Gasteiger partial charge in [-0.3, -0.25) is 0 Å². The van der Waals surface area contributed by atoms with Crippen LogP contribution in [-0.2, 0) is 9.84 Å². The molecule has 1 atom stereocenters. The Bertz CT molecular complexity index is 807. The fraction of sp³-hybridized carbons (Fsp3) is 0.375. The summed E-state index contributed by atoms with van der Waals surface area (Å²) >= 11 is 0. The van der Waals surface area contributed by atoms with Gasteiger partial charge in [-0.05, 0) is 25.0 Å². The quantitative estimate of drug-likeness (QED) is 0.925. The highest BCUT2D eigenvalue weighted by atomic mass is 32.2. The molecule has 122 valence electrons. The van der Waals surface area contributed by atoms with Gasteiger partial charge in [0.1, 0.15) is 18.0 Å². The third kappa shape index (κ3) is 3.61. The zero-order valence-corrected chi connectivity index (χ0v) is 14.0. The summed E-state index contributed by atoms with van der Waals surface area (Å²) in [7, 11) is -1.03. The predicted molar refractivity (Wildman–Crippen MR) is 92.0 cm³/mol. The van der Waals surface area contributed by atoms with Crippen molar-refractivity contribution in [3.8, 4) is 0 Å². The van der Waals surface area contributed by atoms with Crippen LogP contribution in [0.4, 0.5) is 17.3 Å². The van der Waals surface area contributed by atoms with Crippen LogP contribution < -0.4 is 10.2 Å². The summed E-state index contributed by atoms with van der Waals surface area (Å²) in [5, 5.41) is 3.28. The number of sulfone groups is 1. The lowest BCUT2D eigenvalue weighted by molar-refractivity contribution is 0.600. The number of hydrogen-bond acceptors (Lipinski definition) is 6. The first-order valence-electron chi connectivity index (χ1n) is 7.52. The molecule has 1 fully saturated rings. The van der Waals surface area contributed by atoms with Gasteiger partial charge in [0.05, 0.1) is 11.5 Å². The number of rotatable bonds is 4. The SMILES string of the molecule is Cc1ccccc1Nc1cc(N(C)C2CCS(=O)(=O)C2)ncn1. The minimum Gasteiger partial charge on any atom is -0.355 e. The molecule has 0 radical (unpaired) electrons. The third-order valence-corrected chi connectivity index (χ3v) is 5.93. The minimum atomic E-state index is -2.91. The molecule has 2 heterocycles. The summed E-state index contributed by atoms with van der Waals surface area (Å²) < 4.78 is 23.3. The average molecular weight is 332 g/mol. The highest BCUT2D eigenvalue weighted by Gasteiger charge is 2.31. The van der Waals surface area contributed by atoms with E-state index in [1.165, 1.54) is 6.33 Å². The standard InChI is InChI=1S/C16H20N4O2S/c1-12-5-3-4-6-14(12)19-15-9-16(18-11-17-15)20(2)13-7-8-23(21,22)10-13/h3-6,9,11,13H,7-8,10H2,1-2H3,(H,17,18,19). The zero-order chi connectivity index (χ0) is 16.4. The summed E-state index contributed by atoms with van der Waals surface area (Å²) in [5.74, 6) is 1.85. The number of para-hydroxylation sites is 1. The van der Waals surface area contributed by atoms with Crippen LogP contribution >= 0.6 is 0 Å². The maximum absolute atomic E-state index is 11.7. The van der Waals surface area contributed by atoms with Gasteiger partial charge in [0.15, 0.2) is 9.84 Å². The van der Waals surface area contributed by atoms with Crippen LogP contribution in [0.5, 0.6) is 0 Å². The zero-order valence-electron chi connectivity index (χ0n) is 13.2. The van der Waals surface area contributed by atoms with E-state index in [1.807, 2.05) is 49.2 Å².